The first-order valence-corrected chi connectivity index (χ1v) is 11.2. The van der Waals surface area contributed by atoms with Crippen molar-refractivity contribution in [3.63, 3.8) is 0 Å². The zero-order valence-electron chi connectivity index (χ0n) is 18.6. The topological polar surface area (TPSA) is 54.5 Å². The lowest BCUT2D eigenvalue weighted by Gasteiger charge is -2.14. The van der Waals surface area contributed by atoms with E-state index < -0.39 is 0 Å². The molecule has 0 atom stereocenters. The van der Waals surface area contributed by atoms with Crippen molar-refractivity contribution in [3.05, 3.63) is 119 Å². The highest BCUT2D eigenvalue weighted by Crippen LogP contribution is 2.20. The molecule has 0 saturated heterocycles. The van der Waals surface area contributed by atoms with Crippen LogP contribution >= 0.6 is 0 Å². The number of allylic oxidation sites excluding steroid dienone is 1. The van der Waals surface area contributed by atoms with Crippen LogP contribution in [0.3, 0.4) is 0 Å². The van der Waals surface area contributed by atoms with Crippen molar-refractivity contribution in [3.8, 4) is 0 Å². The molecule has 3 aromatic rings. The number of nitrogens with zero attached hydrogens (tertiary/aromatic N) is 1. The van der Waals surface area contributed by atoms with Gasteiger partial charge in [0.1, 0.15) is 5.82 Å². The summed E-state index contributed by atoms with van der Waals surface area (Å²) in [5, 5.41) is 0. The number of carbonyl (C=O) groups excluding carboxylic acids is 3. The number of ketones is 1. The first-order valence-electron chi connectivity index (χ1n) is 11.2. The van der Waals surface area contributed by atoms with E-state index in [-0.39, 0.29) is 23.4 Å². The molecule has 5 heteroatoms. The summed E-state index contributed by atoms with van der Waals surface area (Å²) in [6.45, 7) is 0. The molecular weight excluding hydrogens is 429 g/mol. The minimum atomic E-state index is -0.361. The largest absolute Gasteiger partial charge is 0.289 e. The second kappa shape index (κ2) is 10.7. The van der Waals surface area contributed by atoms with Crippen molar-refractivity contribution in [1.29, 1.82) is 0 Å². The van der Waals surface area contributed by atoms with Crippen LogP contribution in [-0.2, 0) is 22.4 Å². The molecule has 170 valence electrons. The van der Waals surface area contributed by atoms with Crippen molar-refractivity contribution in [2.24, 2.45) is 0 Å². The van der Waals surface area contributed by atoms with E-state index in [0.717, 1.165) is 31.2 Å². The van der Waals surface area contributed by atoms with Crippen molar-refractivity contribution in [2.75, 3.05) is 4.90 Å². The number of imide groups is 1. The summed E-state index contributed by atoms with van der Waals surface area (Å²) in [7, 11) is 0. The highest BCUT2D eigenvalue weighted by molar-refractivity contribution is 6.28. The van der Waals surface area contributed by atoms with Crippen molar-refractivity contribution in [2.45, 2.75) is 25.7 Å². The quantitative estimate of drug-likeness (QED) is 0.180. The molecule has 4 rings (SSSR count). The minimum Gasteiger partial charge on any atom is -0.289 e. The van der Waals surface area contributed by atoms with E-state index in [1.165, 1.54) is 58.5 Å². The molecule has 1 aliphatic rings. The highest BCUT2D eigenvalue weighted by atomic mass is 19.1. The zero-order chi connectivity index (χ0) is 23.9. The molecule has 2 amide bonds. The van der Waals surface area contributed by atoms with Crippen LogP contribution < -0.4 is 4.90 Å². The van der Waals surface area contributed by atoms with Gasteiger partial charge in [-0.05, 0) is 84.8 Å². The number of benzene rings is 3. The molecule has 0 spiro atoms. The number of unbranched alkanes of at least 4 members (excludes halogenated alkanes) is 1. The van der Waals surface area contributed by atoms with Crippen molar-refractivity contribution in [1.82, 2.24) is 0 Å². The Morgan fingerprint density at radius 1 is 0.735 bits per heavy atom. The van der Waals surface area contributed by atoms with Gasteiger partial charge in [0.05, 0.1) is 5.69 Å². The maximum atomic E-state index is 13.0. The van der Waals surface area contributed by atoms with Gasteiger partial charge in [-0.2, -0.15) is 0 Å². The summed E-state index contributed by atoms with van der Waals surface area (Å²) in [5.41, 5.74) is 4.39. The SMILES string of the molecule is O=C(/C=C/c1ccc(CCCCc2ccc(N3C(=O)C=CC3=O)cc2)cc1)c1ccc(F)cc1. The number of hydrogen-bond acceptors (Lipinski definition) is 3. The Labute approximate surface area is 198 Å². The third kappa shape index (κ3) is 5.81. The fourth-order valence-electron chi connectivity index (χ4n) is 3.80. The van der Waals surface area contributed by atoms with Crippen LogP contribution in [0.1, 0.15) is 39.9 Å². The van der Waals surface area contributed by atoms with E-state index in [1.54, 1.807) is 6.08 Å². The summed E-state index contributed by atoms with van der Waals surface area (Å²) in [5.74, 6) is -1.13. The van der Waals surface area contributed by atoms with Gasteiger partial charge in [-0.15, -0.1) is 0 Å². The van der Waals surface area contributed by atoms with Crippen LogP contribution in [0.2, 0.25) is 0 Å². The molecule has 0 unspecified atom stereocenters. The maximum absolute atomic E-state index is 13.0. The van der Waals surface area contributed by atoms with Crippen LogP contribution in [0, 0.1) is 5.82 Å². The van der Waals surface area contributed by atoms with Crippen LogP contribution in [0.15, 0.2) is 91.0 Å². The normalized spacial score (nSPS) is 13.3. The van der Waals surface area contributed by atoms with Gasteiger partial charge in [0.15, 0.2) is 5.78 Å². The summed E-state index contributed by atoms with van der Waals surface area (Å²) < 4.78 is 13.0. The second-order valence-electron chi connectivity index (χ2n) is 8.16. The first kappa shape index (κ1) is 23.1. The molecule has 0 N–H and O–H groups in total. The molecule has 0 aliphatic carbocycles. The van der Waals surface area contributed by atoms with E-state index in [9.17, 15) is 18.8 Å². The molecule has 0 bridgehead atoms. The number of hydrogen-bond donors (Lipinski definition) is 0. The van der Waals surface area contributed by atoms with Crippen LogP contribution in [-0.4, -0.2) is 17.6 Å². The smallest absolute Gasteiger partial charge is 0.258 e. The molecule has 3 aromatic carbocycles. The number of aryl methyl sites for hydroxylation is 2. The summed E-state index contributed by atoms with van der Waals surface area (Å²) in [6, 6.07) is 21.2. The Balaban J connectivity index is 1.22. The summed E-state index contributed by atoms with van der Waals surface area (Å²) in [4.78, 5) is 36.8. The monoisotopic (exact) mass is 453 g/mol. The lowest BCUT2D eigenvalue weighted by molar-refractivity contribution is -0.119. The van der Waals surface area contributed by atoms with Crippen LogP contribution in [0.5, 0.6) is 0 Å². The van der Waals surface area contributed by atoms with Crippen LogP contribution in [0.25, 0.3) is 6.08 Å². The standard InChI is InChI=1S/C29H24FNO3/c30-25-14-12-24(13-15-25)27(32)18-11-23-7-5-21(6-8-23)3-1-2-4-22-9-16-26(17-10-22)31-28(33)19-20-29(31)34/h5-20H,1-4H2/b18-11+. The summed E-state index contributed by atoms with van der Waals surface area (Å²) in [6.07, 6.45) is 9.77. The maximum Gasteiger partial charge on any atom is 0.258 e. The predicted octanol–water partition coefficient (Wildman–Crippen LogP) is 5.72. The Morgan fingerprint density at radius 3 is 1.82 bits per heavy atom. The van der Waals surface area contributed by atoms with E-state index in [0.29, 0.717) is 11.3 Å². The van der Waals surface area contributed by atoms with Gasteiger partial charge < -0.3 is 0 Å². The van der Waals surface area contributed by atoms with E-state index >= 15 is 0 Å². The fourth-order valence-corrected chi connectivity index (χ4v) is 3.80. The molecule has 4 nitrogen and oxygen atoms in total. The zero-order valence-corrected chi connectivity index (χ0v) is 18.6. The van der Waals surface area contributed by atoms with Gasteiger partial charge in [0.25, 0.3) is 11.8 Å². The van der Waals surface area contributed by atoms with Gasteiger partial charge in [0, 0.05) is 17.7 Å². The lowest BCUT2D eigenvalue weighted by Crippen LogP contribution is -2.29. The van der Waals surface area contributed by atoms with E-state index in [4.69, 9.17) is 0 Å². The average Bonchev–Trinajstić information content (AvgIpc) is 3.19. The van der Waals surface area contributed by atoms with Crippen molar-refractivity contribution < 1.29 is 18.8 Å². The molecule has 0 aromatic heterocycles. The number of halogens is 1. The third-order valence-electron chi connectivity index (χ3n) is 5.72. The molecule has 0 radical (unpaired) electrons. The fraction of sp³-hybridized carbons (Fsp3) is 0.138. The molecular formula is C29H24FNO3. The number of carbonyl (C=O) groups is 3. The minimum absolute atomic E-state index is 0.160. The summed E-state index contributed by atoms with van der Waals surface area (Å²) >= 11 is 0. The first-order chi connectivity index (χ1) is 16.5. The molecule has 34 heavy (non-hydrogen) atoms. The van der Waals surface area contributed by atoms with Gasteiger partial charge in [-0.25, -0.2) is 9.29 Å². The number of anilines is 1. The predicted molar refractivity (Wildman–Crippen MR) is 131 cm³/mol. The molecule has 1 heterocycles. The highest BCUT2D eigenvalue weighted by Gasteiger charge is 2.24. The van der Waals surface area contributed by atoms with Gasteiger partial charge >= 0.3 is 0 Å². The third-order valence-corrected chi connectivity index (χ3v) is 5.72. The Hall–Kier alpha value is -4.12. The van der Waals surface area contributed by atoms with Gasteiger partial charge in [-0.3, -0.25) is 14.4 Å². The Kier molecular flexibility index (Phi) is 7.23. The van der Waals surface area contributed by atoms with E-state index in [1.807, 2.05) is 36.4 Å². The number of amides is 2. The van der Waals surface area contributed by atoms with Gasteiger partial charge in [-0.1, -0.05) is 42.5 Å². The molecule has 0 fully saturated rings. The average molecular weight is 454 g/mol. The Morgan fingerprint density at radius 2 is 1.26 bits per heavy atom. The van der Waals surface area contributed by atoms with E-state index in [2.05, 4.69) is 12.1 Å². The second-order valence-corrected chi connectivity index (χ2v) is 8.16. The molecule has 1 aliphatic heterocycles. The van der Waals surface area contributed by atoms with Crippen molar-refractivity contribution >= 4 is 29.4 Å². The lowest BCUT2D eigenvalue weighted by atomic mass is 10.0. The van der Waals surface area contributed by atoms with Crippen LogP contribution in [0.4, 0.5) is 10.1 Å². The molecule has 0 saturated carbocycles. The van der Waals surface area contributed by atoms with Gasteiger partial charge in [0.2, 0.25) is 0 Å². The Bertz CT molecular complexity index is 1220. The number of rotatable bonds is 9.